The summed E-state index contributed by atoms with van der Waals surface area (Å²) in [6, 6.07) is 4.59. The first-order valence-corrected chi connectivity index (χ1v) is 6.65. The standard InChI is InChI=1S/C12H11BrClFN4/c1-16-12-18-6-8(13)11(19-12)17-5-7-2-3-10(15)9(14)4-7/h2-4,6H,5H2,1H3,(H2,16,17,18,19). The molecule has 4 nitrogen and oxygen atoms in total. The smallest absolute Gasteiger partial charge is 0.224 e. The van der Waals surface area contributed by atoms with Crippen LogP contribution in [0.1, 0.15) is 5.56 Å². The van der Waals surface area contributed by atoms with Crippen molar-refractivity contribution in [3.05, 3.63) is 45.3 Å². The van der Waals surface area contributed by atoms with E-state index < -0.39 is 5.82 Å². The average molecular weight is 346 g/mol. The third-order valence-electron chi connectivity index (χ3n) is 2.41. The first-order chi connectivity index (χ1) is 9.10. The molecule has 0 saturated heterocycles. The lowest BCUT2D eigenvalue weighted by molar-refractivity contribution is 0.627. The molecule has 100 valence electrons. The van der Waals surface area contributed by atoms with Gasteiger partial charge in [-0.05, 0) is 33.6 Å². The molecule has 1 heterocycles. The number of anilines is 2. The molecule has 0 radical (unpaired) electrons. The maximum Gasteiger partial charge on any atom is 0.224 e. The van der Waals surface area contributed by atoms with E-state index in [1.807, 2.05) is 0 Å². The quantitative estimate of drug-likeness (QED) is 0.887. The molecule has 0 saturated carbocycles. The molecule has 1 aromatic heterocycles. The predicted octanol–water partition coefficient (Wildman–Crippen LogP) is 3.69. The normalized spacial score (nSPS) is 10.3. The second-order valence-corrected chi connectivity index (χ2v) is 5.00. The van der Waals surface area contributed by atoms with Crippen molar-refractivity contribution in [2.75, 3.05) is 17.7 Å². The number of hydrogen-bond donors (Lipinski definition) is 2. The SMILES string of the molecule is CNc1ncc(Br)c(NCc2ccc(F)c(Cl)c2)n1. The molecular formula is C12H11BrClFN4. The highest BCUT2D eigenvalue weighted by molar-refractivity contribution is 9.10. The van der Waals surface area contributed by atoms with Crippen LogP contribution in [0.4, 0.5) is 16.2 Å². The minimum Gasteiger partial charge on any atom is -0.365 e. The van der Waals surface area contributed by atoms with E-state index in [-0.39, 0.29) is 5.02 Å². The second-order valence-electron chi connectivity index (χ2n) is 3.74. The van der Waals surface area contributed by atoms with Crippen molar-refractivity contribution in [1.82, 2.24) is 9.97 Å². The fraction of sp³-hybridized carbons (Fsp3) is 0.167. The molecule has 2 N–H and O–H groups in total. The largest absolute Gasteiger partial charge is 0.365 e. The molecule has 0 bridgehead atoms. The third-order valence-corrected chi connectivity index (χ3v) is 3.28. The second kappa shape index (κ2) is 6.16. The maximum absolute atomic E-state index is 13.0. The Morgan fingerprint density at radius 1 is 1.42 bits per heavy atom. The van der Waals surface area contributed by atoms with Gasteiger partial charge in [0.1, 0.15) is 11.6 Å². The maximum atomic E-state index is 13.0. The summed E-state index contributed by atoms with van der Waals surface area (Å²) in [5.74, 6) is 0.744. The van der Waals surface area contributed by atoms with E-state index in [0.29, 0.717) is 18.3 Å². The van der Waals surface area contributed by atoms with Crippen LogP contribution in [0.25, 0.3) is 0 Å². The topological polar surface area (TPSA) is 49.8 Å². The highest BCUT2D eigenvalue weighted by Crippen LogP contribution is 2.21. The van der Waals surface area contributed by atoms with Crippen molar-refractivity contribution < 1.29 is 4.39 Å². The Morgan fingerprint density at radius 2 is 2.21 bits per heavy atom. The van der Waals surface area contributed by atoms with E-state index >= 15 is 0 Å². The van der Waals surface area contributed by atoms with E-state index in [2.05, 4.69) is 36.5 Å². The summed E-state index contributed by atoms with van der Waals surface area (Å²) in [5.41, 5.74) is 0.864. The molecule has 0 spiro atoms. The van der Waals surface area contributed by atoms with Gasteiger partial charge in [-0.3, -0.25) is 0 Å². The lowest BCUT2D eigenvalue weighted by Crippen LogP contribution is -2.05. The Bertz CT molecular complexity index is 594. The van der Waals surface area contributed by atoms with Crippen molar-refractivity contribution in [2.24, 2.45) is 0 Å². The van der Waals surface area contributed by atoms with E-state index in [1.54, 1.807) is 25.4 Å². The van der Waals surface area contributed by atoms with Gasteiger partial charge in [0.25, 0.3) is 0 Å². The van der Waals surface area contributed by atoms with Gasteiger partial charge in [-0.25, -0.2) is 9.37 Å². The van der Waals surface area contributed by atoms with Crippen molar-refractivity contribution in [3.8, 4) is 0 Å². The number of hydrogen-bond acceptors (Lipinski definition) is 4. The minimum atomic E-state index is -0.425. The van der Waals surface area contributed by atoms with Crippen LogP contribution in [-0.2, 0) is 6.54 Å². The Labute approximate surface area is 123 Å². The van der Waals surface area contributed by atoms with Gasteiger partial charge in [-0.2, -0.15) is 4.98 Å². The number of aromatic nitrogens is 2. The van der Waals surface area contributed by atoms with Gasteiger partial charge in [0.2, 0.25) is 5.95 Å². The number of nitrogens with one attached hydrogen (secondary N) is 2. The van der Waals surface area contributed by atoms with E-state index in [0.717, 1.165) is 10.0 Å². The van der Waals surface area contributed by atoms with E-state index in [1.165, 1.54) is 6.07 Å². The highest BCUT2D eigenvalue weighted by Gasteiger charge is 2.05. The van der Waals surface area contributed by atoms with Gasteiger partial charge in [-0.15, -0.1) is 0 Å². The molecule has 0 unspecified atom stereocenters. The van der Waals surface area contributed by atoms with Gasteiger partial charge in [0, 0.05) is 19.8 Å². The van der Waals surface area contributed by atoms with Crippen LogP contribution in [-0.4, -0.2) is 17.0 Å². The summed E-state index contributed by atoms with van der Waals surface area (Å²) < 4.78 is 13.8. The van der Waals surface area contributed by atoms with Crippen molar-refractivity contribution >= 4 is 39.3 Å². The summed E-state index contributed by atoms with van der Waals surface area (Å²) in [4.78, 5) is 8.32. The lowest BCUT2D eigenvalue weighted by Gasteiger charge is -2.09. The minimum absolute atomic E-state index is 0.108. The van der Waals surface area contributed by atoms with Gasteiger partial charge in [-0.1, -0.05) is 17.7 Å². The molecular weight excluding hydrogens is 335 g/mol. The summed E-state index contributed by atoms with van der Waals surface area (Å²) in [6.45, 7) is 0.485. The van der Waals surface area contributed by atoms with Gasteiger partial charge < -0.3 is 10.6 Å². The van der Waals surface area contributed by atoms with Crippen molar-refractivity contribution in [2.45, 2.75) is 6.54 Å². The Morgan fingerprint density at radius 3 is 2.89 bits per heavy atom. The zero-order chi connectivity index (χ0) is 13.8. The zero-order valence-corrected chi connectivity index (χ0v) is 12.4. The van der Waals surface area contributed by atoms with Crippen LogP contribution in [0, 0.1) is 5.82 Å². The third kappa shape index (κ3) is 3.54. The van der Waals surface area contributed by atoms with Crippen LogP contribution in [0.2, 0.25) is 5.02 Å². The predicted molar refractivity (Wildman–Crippen MR) is 78.0 cm³/mol. The molecule has 0 amide bonds. The fourth-order valence-corrected chi connectivity index (χ4v) is 1.98. The Hall–Kier alpha value is -1.40. The van der Waals surface area contributed by atoms with E-state index in [4.69, 9.17) is 11.6 Å². The Kier molecular flexibility index (Phi) is 4.55. The summed E-state index contributed by atoms with van der Waals surface area (Å²) in [5, 5.41) is 6.10. The molecule has 0 atom stereocenters. The Balaban J connectivity index is 2.11. The molecule has 0 aliphatic carbocycles. The van der Waals surface area contributed by atoms with Gasteiger partial charge in [0.15, 0.2) is 0 Å². The number of nitrogens with zero attached hydrogens (tertiary/aromatic N) is 2. The van der Waals surface area contributed by atoms with Gasteiger partial charge >= 0.3 is 0 Å². The van der Waals surface area contributed by atoms with Crippen LogP contribution in [0.3, 0.4) is 0 Å². The van der Waals surface area contributed by atoms with Crippen LogP contribution in [0.5, 0.6) is 0 Å². The first-order valence-electron chi connectivity index (χ1n) is 5.48. The monoisotopic (exact) mass is 344 g/mol. The van der Waals surface area contributed by atoms with Crippen molar-refractivity contribution in [3.63, 3.8) is 0 Å². The number of halogens is 3. The molecule has 1 aromatic carbocycles. The lowest BCUT2D eigenvalue weighted by atomic mass is 10.2. The first kappa shape index (κ1) is 14.0. The molecule has 7 heteroatoms. The number of benzene rings is 1. The summed E-state index contributed by atoms with van der Waals surface area (Å²) in [7, 11) is 1.74. The van der Waals surface area contributed by atoms with E-state index in [9.17, 15) is 4.39 Å². The summed E-state index contributed by atoms with van der Waals surface area (Å²) >= 11 is 9.08. The summed E-state index contributed by atoms with van der Waals surface area (Å²) in [6.07, 6.45) is 1.65. The molecule has 2 aromatic rings. The average Bonchev–Trinajstić information content (AvgIpc) is 2.41. The van der Waals surface area contributed by atoms with Crippen LogP contribution < -0.4 is 10.6 Å². The van der Waals surface area contributed by atoms with Crippen LogP contribution in [0.15, 0.2) is 28.9 Å². The molecule has 0 fully saturated rings. The van der Waals surface area contributed by atoms with Crippen molar-refractivity contribution in [1.29, 1.82) is 0 Å². The van der Waals surface area contributed by atoms with Crippen LogP contribution >= 0.6 is 27.5 Å². The van der Waals surface area contributed by atoms with Gasteiger partial charge in [0.05, 0.1) is 9.50 Å². The molecule has 19 heavy (non-hydrogen) atoms. The zero-order valence-electron chi connectivity index (χ0n) is 10.0. The molecule has 0 aliphatic heterocycles. The molecule has 0 aliphatic rings. The highest BCUT2D eigenvalue weighted by atomic mass is 79.9. The fourth-order valence-electron chi connectivity index (χ4n) is 1.45. The number of rotatable bonds is 4. The molecule has 2 rings (SSSR count).